The van der Waals surface area contributed by atoms with E-state index in [4.69, 9.17) is 15.2 Å². The Hall–Kier alpha value is -1.30. The highest BCUT2D eigenvalue weighted by molar-refractivity contribution is 5.32. The molecule has 0 aliphatic rings. The van der Waals surface area contributed by atoms with Crippen molar-refractivity contribution in [1.82, 2.24) is 5.32 Å². The molecule has 1 aromatic carbocycles. The van der Waals surface area contributed by atoms with Crippen LogP contribution < -0.4 is 20.5 Å². The molecule has 1 rings (SSSR count). The van der Waals surface area contributed by atoms with E-state index >= 15 is 0 Å². The fourth-order valence-electron chi connectivity index (χ4n) is 1.31. The van der Waals surface area contributed by atoms with Crippen LogP contribution in [0.1, 0.15) is 0 Å². The number of hydrogen-bond acceptors (Lipinski definition) is 5. The summed E-state index contributed by atoms with van der Waals surface area (Å²) >= 11 is 0. The molecule has 0 saturated heterocycles. The Bertz CT molecular complexity index is 320. The summed E-state index contributed by atoms with van der Waals surface area (Å²) in [5.41, 5.74) is 5.32. The van der Waals surface area contributed by atoms with E-state index in [9.17, 15) is 5.11 Å². The highest BCUT2D eigenvalue weighted by atomic mass is 16.5. The van der Waals surface area contributed by atoms with Gasteiger partial charge in [-0.1, -0.05) is 6.07 Å². The summed E-state index contributed by atoms with van der Waals surface area (Å²) in [7, 11) is 1.60. The second-order valence-corrected chi connectivity index (χ2v) is 3.64. The summed E-state index contributed by atoms with van der Waals surface area (Å²) in [6, 6.07) is 7.28. The minimum atomic E-state index is -0.548. The van der Waals surface area contributed by atoms with Crippen molar-refractivity contribution in [2.75, 3.05) is 33.4 Å². The van der Waals surface area contributed by atoms with Gasteiger partial charge in [0.25, 0.3) is 0 Å². The molecule has 0 radical (unpaired) electrons. The minimum Gasteiger partial charge on any atom is -0.497 e. The van der Waals surface area contributed by atoms with Crippen LogP contribution in [0, 0.1) is 0 Å². The van der Waals surface area contributed by atoms with Gasteiger partial charge in [-0.25, -0.2) is 0 Å². The topological polar surface area (TPSA) is 76.7 Å². The summed E-state index contributed by atoms with van der Waals surface area (Å²) < 4.78 is 10.5. The van der Waals surface area contributed by atoms with E-state index in [1.54, 1.807) is 13.2 Å². The monoisotopic (exact) mass is 240 g/mol. The van der Waals surface area contributed by atoms with Gasteiger partial charge in [0.1, 0.15) is 24.2 Å². The number of methoxy groups -OCH3 is 1. The molecule has 1 unspecified atom stereocenters. The third kappa shape index (κ3) is 5.53. The molecule has 5 nitrogen and oxygen atoms in total. The zero-order valence-electron chi connectivity index (χ0n) is 10.1. The Morgan fingerprint density at radius 3 is 2.88 bits per heavy atom. The molecule has 17 heavy (non-hydrogen) atoms. The van der Waals surface area contributed by atoms with Gasteiger partial charge in [-0.2, -0.15) is 0 Å². The van der Waals surface area contributed by atoms with Crippen LogP contribution >= 0.6 is 0 Å². The Morgan fingerprint density at radius 1 is 1.41 bits per heavy atom. The number of hydrogen-bond donors (Lipinski definition) is 3. The second kappa shape index (κ2) is 7.89. The summed E-state index contributed by atoms with van der Waals surface area (Å²) in [6.07, 6.45) is -0.548. The molecule has 0 aliphatic heterocycles. The highest BCUT2D eigenvalue weighted by Gasteiger charge is 2.04. The lowest BCUT2D eigenvalue weighted by Gasteiger charge is -2.13. The van der Waals surface area contributed by atoms with Crippen molar-refractivity contribution >= 4 is 0 Å². The molecule has 0 amide bonds. The zero-order chi connectivity index (χ0) is 12.5. The first-order valence-corrected chi connectivity index (χ1v) is 5.62. The molecule has 96 valence electrons. The van der Waals surface area contributed by atoms with E-state index in [1.165, 1.54) is 0 Å². The predicted molar refractivity (Wildman–Crippen MR) is 66.4 cm³/mol. The number of benzene rings is 1. The van der Waals surface area contributed by atoms with E-state index in [2.05, 4.69) is 5.32 Å². The van der Waals surface area contributed by atoms with E-state index in [-0.39, 0.29) is 6.61 Å². The zero-order valence-corrected chi connectivity index (χ0v) is 10.1. The van der Waals surface area contributed by atoms with E-state index in [0.717, 1.165) is 5.75 Å². The van der Waals surface area contributed by atoms with Crippen LogP contribution in [0.15, 0.2) is 24.3 Å². The fraction of sp³-hybridized carbons (Fsp3) is 0.500. The van der Waals surface area contributed by atoms with Crippen molar-refractivity contribution < 1.29 is 14.6 Å². The van der Waals surface area contributed by atoms with Crippen LogP contribution in [0.25, 0.3) is 0 Å². The number of ether oxygens (including phenoxy) is 2. The molecule has 0 spiro atoms. The maximum Gasteiger partial charge on any atom is 0.123 e. The smallest absolute Gasteiger partial charge is 0.123 e. The molecule has 0 aromatic heterocycles. The second-order valence-electron chi connectivity index (χ2n) is 3.64. The highest BCUT2D eigenvalue weighted by Crippen LogP contribution is 2.18. The van der Waals surface area contributed by atoms with Gasteiger partial charge in [-0.3, -0.25) is 0 Å². The lowest BCUT2D eigenvalue weighted by atomic mass is 10.3. The first-order chi connectivity index (χ1) is 8.26. The van der Waals surface area contributed by atoms with Gasteiger partial charge in [0.05, 0.1) is 7.11 Å². The maximum atomic E-state index is 9.60. The number of rotatable bonds is 8. The van der Waals surface area contributed by atoms with Crippen LogP contribution in [0.3, 0.4) is 0 Å². The molecule has 4 N–H and O–H groups in total. The Balaban J connectivity index is 2.28. The van der Waals surface area contributed by atoms with Gasteiger partial charge in [0.15, 0.2) is 0 Å². The van der Waals surface area contributed by atoms with Gasteiger partial charge in [0, 0.05) is 25.7 Å². The molecule has 1 aromatic rings. The van der Waals surface area contributed by atoms with Crippen LogP contribution in [-0.2, 0) is 0 Å². The van der Waals surface area contributed by atoms with Gasteiger partial charge < -0.3 is 25.6 Å². The van der Waals surface area contributed by atoms with Crippen LogP contribution in [0.2, 0.25) is 0 Å². The molecule has 0 saturated carbocycles. The Kier molecular flexibility index (Phi) is 6.39. The van der Waals surface area contributed by atoms with Crippen molar-refractivity contribution in [1.29, 1.82) is 0 Å². The van der Waals surface area contributed by atoms with Crippen LogP contribution in [-0.4, -0.2) is 44.6 Å². The number of aliphatic hydroxyl groups is 1. The Labute approximate surface area is 102 Å². The van der Waals surface area contributed by atoms with Crippen molar-refractivity contribution in [2.45, 2.75) is 6.10 Å². The molecule has 1 atom stereocenters. The first kappa shape index (κ1) is 13.8. The van der Waals surface area contributed by atoms with Gasteiger partial charge in [-0.15, -0.1) is 0 Å². The summed E-state index contributed by atoms with van der Waals surface area (Å²) in [4.78, 5) is 0. The van der Waals surface area contributed by atoms with Gasteiger partial charge in [0.2, 0.25) is 0 Å². The van der Waals surface area contributed by atoms with Gasteiger partial charge >= 0.3 is 0 Å². The number of aliphatic hydroxyl groups excluding tert-OH is 1. The molecule has 0 fully saturated rings. The normalized spacial score (nSPS) is 12.2. The van der Waals surface area contributed by atoms with Crippen molar-refractivity contribution in [3.8, 4) is 11.5 Å². The van der Waals surface area contributed by atoms with E-state index in [0.29, 0.717) is 25.4 Å². The van der Waals surface area contributed by atoms with Crippen molar-refractivity contribution in [3.05, 3.63) is 24.3 Å². The van der Waals surface area contributed by atoms with Crippen molar-refractivity contribution in [3.63, 3.8) is 0 Å². The van der Waals surface area contributed by atoms with E-state index in [1.807, 2.05) is 18.2 Å². The molecule has 0 bridgehead atoms. The Morgan fingerprint density at radius 2 is 2.18 bits per heavy atom. The molecule has 5 heteroatoms. The molecule has 0 aliphatic carbocycles. The quantitative estimate of drug-likeness (QED) is 0.557. The average Bonchev–Trinajstić information content (AvgIpc) is 2.37. The summed E-state index contributed by atoms with van der Waals surface area (Å²) in [5, 5.41) is 12.6. The third-order valence-corrected chi connectivity index (χ3v) is 2.18. The molecular formula is C12H20N2O3. The maximum absolute atomic E-state index is 9.60. The lowest BCUT2D eigenvalue weighted by Crippen LogP contribution is -2.34. The number of nitrogens with two attached hydrogens (primary N) is 1. The largest absolute Gasteiger partial charge is 0.497 e. The predicted octanol–water partition coefficient (Wildman–Crippen LogP) is -0.0168. The van der Waals surface area contributed by atoms with Crippen LogP contribution in [0.4, 0.5) is 0 Å². The standard InChI is InChI=1S/C12H20N2O3/c1-16-11-3-2-4-12(7-11)17-9-10(15)8-14-6-5-13/h2-4,7,10,14-15H,5-6,8-9,13H2,1H3. The van der Waals surface area contributed by atoms with Crippen LogP contribution in [0.5, 0.6) is 11.5 Å². The van der Waals surface area contributed by atoms with Crippen molar-refractivity contribution in [2.24, 2.45) is 5.73 Å². The minimum absolute atomic E-state index is 0.241. The fourth-order valence-corrected chi connectivity index (χ4v) is 1.31. The SMILES string of the molecule is COc1cccc(OCC(O)CNCCN)c1. The molecular weight excluding hydrogens is 220 g/mol. The first-order valence-electron chi connectivity index (χ1n) is 5.62. The molecule has 0 heterocycles. The summed E-state index contributed by atoms with van der Waals surface area (Å²) in [6.45, 7) is 1.96. The van der Waals surface area contributed by atoms with Gasteiger partial charge in [-0.05, 0) is 12.1 Å². The average molecular weight is 240 g/mol. The number of nitrogens with one attached hydrogen (secondary N) is 1. The summed E-state index contributed by atoms with van der Waals surface area (Å²) in [5.74, 6) is 1.42. The van der Waals surface area contributed by atoms with E-state index < -0.39 is 6.10 Å². The third-order valence-electron chi connectivity index (χ3n) is 2.18. The lowest BCUT2D eigenvalue weighted by molar-refractivity contribution is 0.106.